The summed E-state index contributed by atoms with van der Waals surface area (Å²) in [5, 5.41) is 6.66. The largest absolute Gasteiger partial charge is 0.386 e. The predicted octanol–water partition coefficient (Wildman–Crippen LogP) is 3.47. The SMILES string of the molecule is O=C(CO/N=C\c1ccc(Cl)cc1)Nc1ccccc1F. The Bertz CT molecular complexity index is 644. The van der Waals surface area contributed by atoms with Gasteiger partial charge in [-0.05, 0) is 29.8 Å². The van der Waals surface area contributed by atoms with Gasteiger partial charge in [-0.1, -0.05) is 41.0 Å². The number of anilines is 1. The molecule has 2 aromatic carbocycles. The fourth-order valence-corrected chi connectivity index (χ4v) is 1.62. The highest BCUT2D eigenvalue weighted by atomic mass is 35.5. The number of halogens is 2. The van der Waals surface area contributed by atoms with Crippen LogP contribution in [0.15, 0.2) is 53.7 Å². The van der Waals surface area contributed by atoms with Crippen LogP contribution < -0.4 is 5.32 Å². The van der Waals surface area contributed by atoms with E-state index in [-0.39, 0.29) is 12.3 Å². The topological polar surface area (TPSA) is 50.7 Å². The Hall–Kier alpha value is -2.40. The second-order valence-corrected chi connectivity index (χ2v) is 4.52. The molecule has 2 rings (SSSR count). The molecule has 6 heteroatoms. The Kier molecular flexibility index (Phi) is 5.29. The van der Waals surface area contributed by atoms with E-state index in [4.69, 9.17) is 16.4 Å². The first-order valence-electron chi connectivity index (χ1n) is 6.10. The summed E-state index contributed by atoms with van der Waals surface area (Å²) < 4.78 is 13.3. The van der Waals surface area contributed by atoms with Crippen LogP contribution in [0, 0.1) is 5.82 Å². The lowest BCUT2D eigenvalue weighted by atomic mass is 10.2. The van der Waals surface area contributed by atoms with Gasteiger partial charge in [0.1, 0.15) is 5.82 Å². The average Bonchev–Trinajstić information content (AvgIpc) is 2.48. The lowest BCUT2D eigenvalue weighted by Gasteiger charge is -2.04. The summed E-state index contributed by atoms with van der Waals surface area (Å²) in [6.07, 6.45) is 1.45. The van der Waals surface area contributed by atoms with Gasteiger partial charge in [-0.15, -0.1) is 0 Å². The van der Waals surface area contributed by atoms with Crippen molar-refractivity contribution in [2.75, 3.05) is 11.9 Å². The zero-order valence-corrected chi connectivity index (χ0v) is 11.7. The van der Waals surface area contributed by atoms with Crippen LogP contribution >= 0.6 is 11.6 Å². The maximum Gasteiger partial charge on any atom is 0.265 e. The highest BCUT2D eigenvalue weighted by Gasteiger charge is 2.06. The number of amides is 1. The molecule has 21 heavy (non-hydrogen) atoms. The minimum absolute atomic E-state index is 0.104. The number of carbonyl (C=O) groups is 1. The monoisotopic (exact) mass is 306 g/mol. The van der Waals surface area contributed by atoms with Gasteiger partial charge < -0.3 is 10.2 Å². The van der Waals surface area contributed by atoms with Crippen molar-refractivity contribution in [2.45, 2.75) is 0 Å². The third-order valence-electron chi connectivity index (χ3n) is 2.49. The Morgan fingerprint density at radius 2 is 1.95 bits per heavy atom. The molecule has 0 radical (unpaired) electrons. The second kappa shape index (κ2) is 7.40. The summed E-state index contributed by atoms with van der Waals surface area (Å²) in [5.74, 6) is -0.996. The minimum atomic E-state index is -0.504. The molecule has 0 heterocycles. The molecule has 108 valence electrons. The van der Waals surface area contributed by atoms with Crippen molar-refractivity contribution in [3.8, 4) is 0 Å². The number of carbonyl (C=O) groups excluding carboxylic acids is 1. The third kappa shape index (κ3) is 4.89. The number of nitrogens with zero attached hydrogens (tertiary/aromatic N) is 1. The van der Waals surface area contributed by atoms with E-state index in [9.17, 15) is 9.18 Å². The van der Waals surface area contributed by atoms with E-state index in [0.717, 1.165) is 5.56 Å². The summed E-state index contributed by atoms with van der Waals surface area (Å²) in [7, 11) is 0. The van der Waals surface area contributed by atoms with Gasteiger partial charge >= 0.3 is 0 Å². The molecular formula is C15H12ClFN2O2. The van der Waals surface area contributed by atoms with Gasteiger partial charge in [-0.25, -0.2) is 4.39 Å². The lowest BCUT2D eigenvalue weighted by molar-refractivity contribution is -0.120. The molecule has 0 bridgehead atoms. The fraction of sp³-hybridized carbons (Fsp3) is 0.0667. The molecule has 0 aromatic heterocycles. The molecule has 0 fully saturated rings. The Balaban J connectivity index is 1.79. The predicted molar refractivity (Wildman–Crippen MR) is 80.0 cm³/mol. The van der Waals surface area contributed by atoms with Crippen LogP contribution in [0.1, 0.15) is 5.56 Å². The fourth-order valence-electron chi connectivity index (χ4n) is 1.49. The third-order valence-corrected chi connectivity index (χ3v) is 2.74. The van der Waals surface area contributed by atoms with Crippen LogP contribution in [0.5, 0.6) is 0 Å². The number of hydrogen-bond acceptors (Lipinski definition) is 3. The van der Waals surface area contributed by atoms with Crippen molar-refractivity contribution in [2.24, 2.45) is 5.16 Å². The summed E-state index contributed by atoms with van der Waals surface area (Å²) in [5.41, 5.74) is 0.890. The lowest BCUT2D eigenvalue weighted by Crippen LogP contribution is -2.17. The van der Waals surface area contributed by atoms with Gasteiger partial charge in [-0.3, -0.25) is 4.79 Å². The Morgan fingerprint density at radius 1 is 1.24 bits per heavy atom. The first-order valence-corrected chi connectivity index (χ1v) is 6.48. The summed E-state index contributed by atoms with van der Waals surface area (Å²) in [4.78, 5) is 16.4. The van der Waals surface area contributed by atoms with Crippen molar-refractivity contribution in [1.82, 2.24) is 0 Å². The van der Waals surface area contributed by atoms with Gasteiger partial charge in [-0.2, -0.15) is 0 Å². The number of benzene rings is 2. The van der Waals surface area contributed by atoms with Gasteiger partial charge in [0.2, 0.25) is 0 Å². The molecule has 0 unspecified atom stereocenters. The number of para-hydroxylation sites is 1. The van der Waals surface area contributed by atoms with E-state index in [1.807, 2.05) is 0 Å². The van der Waals surface area contributed by atoms with Gasteiger partial charge in [0.15, 0.2) is 6.61 Å². The minimum Gasteiger partial charge on any atom is -0.386 e. The summed E-state index contributed by atoms with van der Waals surface area (Å²) in [6, 6.07) is 12.8. The Labute approximate surface area is 126 Å². The molecule has 0 saturated heterocycles. The zero-order valence-electron chi connectivity index (χ0n) is 10.9. The molecule has 0 saturated carbocycles. The zero-order chi connectivity index (χ0) is 15.1. The molecular weight excluding hydrogens is 295 g/mol. The smallest absolute Gasteiger partial charge is 0.265 e. The molecule has 0 aliphatic rings. The molecule has 0 aliphatic heterocycles. The van der Waals surface area contributed by atoms with Crippen molar-refractivity contribution in [3.05, 3.63) is 64.9 Å². The van der Waals surface area contributed by atoms with E-state index in [1.54, 1.807) is 30.3 Å². The number of nitrogens with one attached hydrogen (secondary N) is 1. The first kappa shape index (κ1) is 15.0. The summed E-state index contributed by atoms with van der Waals surface area (Å²) in [6.45, 7) is -0.307. The molecule has 0 spiro atoms. The van der Waals surface area contributed by atoms with Crippen LogP contribution in [0.3, 0.4) is 0 Å². The second-order valence-electron chi connectivity index (χ2n) is 4.09. The van der Waals surface area contributed by atoms with E-state index in [2.05, 4.69) is 10.5 Å². The van der Waals surface area contributed by atoms with Gasteiger partial charge in [0, 0.05) is 5.02 Å². The first-order chi connectivity index (χ1) is 10.1. The van der Waals surface area contributed by atoms with Crippen molar-refractivity contribution in [3.63, 3.8) is 0 Å². The van der Waals surface area contributed by atoms with Crippen molar-refractivity contribution >= 4 is 29.4 Å². The molecule has 0 aliphatic carbocycles. The van der Waals surface area contributed by atoms with Crippen molar-refractivity contribution < 1.29 is 14.0 Å². The van der Waals surface area contributed by atoms with E-state index in [1.165, 1.54) is 24.4 Å². The Morgan fingerprint density at radius 3 is 2.67 bits per heavy atom. The van der Waals surface area contributed by atoms with E-state index < -0.39 is 11.7 Å². The van der Waals surface area contributed by atoms with Crippen LogP contribution in [-0.2, 0) is 9.63 Å². The molecule has 1 amide bonds. The molecule has 2 aromatic rings. The highest BCUT2D eigenvalue weighted by molar-refractivity contribution is 6.30. The highest BCUT2D eigenvalue weighted by Crippen LogP contribution is 2.12. The van der Waals surface area contributed by atoms with Gasteiger partial charge in [0.25, 0.3) is 5.91 Å². The van der Waals surface area contributed by atoms with Gasteiger partial charge in [0.05, 0.1) is 11.9 Å². The van der Waals surface area contributed by atoms with E-state index in [0.29, 0.717) is 5.02 Å². The summed E-state index contributed by atoms with van der Waals surface area (Å²) >= 11 is 5.75. The molecule has 0 atom stereocenters. The maximum absolute atomic E-state index is 13.3. The standard InChI is InChI=1S/C15H12ClFN2O2/c16-12-7-5-11(6-8-12)9-18-21-10-15(20)19-14-4-2-1-3-13(14)17/h1-9H,10H2,(H,19,20)/b18-9-. The quantitative estimate of drug-likeness (QED) is 0.679. The van der Waals surface area contributed by atoms with Crippen LogP contribution in [0.25, 0.3) is 0 Å². The van der Waals surface area contributed by atoms with E-state index >= 15 is 0 Å². The molecule has 4 nitrogen and oxygen atoms in total. The van der Waals surface area contributed by atoms with Crippen LogP contribution in [0.2, 0.25) is 5.02 Å². The van der Waals surface area contributed by atoms with Crippen LogP contribution in [-0.4, -0.2) is 18.7 Å². The van der Waals surface area contributed by atoms with Crippen molar-refractivity contribution in [1.29, 1.82) is 0 Å². The maximum atomic E-state index is 13.3. The average molecular weight is 307 g/mol. The number of hydrogen-bond donors (Lipinski definition) is 1. The normalized spacial score (nSPS) is 10.6. The number of rotatable bonds is 5. The molecule has 1 N–H and O–H groups in total. The number of oxime groups is 1. The van der Waals surface area contributed by atoms with Crippen LogP contribution in [0.4, 0.5) is 10.1 Å².